The van der Waals surface area contributed by atoms with Gasteiger partial charge < -0.3 is 15.2 Å². The van der Waals surface area contributed by atoms with Gasteiger partial charge in [-0.05, 0) is 45.1 Å². The number of nitrogens with one attached hydrogen (secondary N) is 1. The number of carboxylic acids is 1. The van der Waals surface area contributed by atoms with Gasteiger partial charge in [0.15, 0.2) is 0 Å². The molecule has 2 aromatic rings. The number of aryl methyl sites for hydroxylation is 1. The van der Waals surface area contributed by atoms with Crippen LogP contribution in [0.5, 0.6) is 0 Å². The van der Waals surface area contributed by atoms with Crippen molar-refractivity contribution in [3.8, 4) is 11.3 Å². The molecule has 154 valence electrons. The summed E-state index contributed by atoms with van der Waals surface area (Å²) in [7, 11) is 0. The molecule has 1 amide bonds. The van der Waals surface area contributed by atoms with E-state index in [1.165, 1.54) is 6.07 Å². The molecule has 10 heteroatoms. The van der Waals surface area contributed by atoms with Crippen LogP contribution in [0.15, 0.2) is 30.6 Å². The monoisotopic (exact) mass is 414 g/mol. The second-order valence-electron chi connectivity index (χ2n) is 7.10. The molecule has 0 spiro atoms. The van der Waals surface area contributed by atoms with Gasteiger partial charge in [-0.15, -0.1) is 0 Å². The molecule has 2 aromatic heterocycles. The number of amides is 1. The molecule has 0 aliphatic rings. The molecule has 0 unspecified atom stereocenters. The quantitative estimate of drug-likeness (QED) is 0.480. The number of ether oxygens (including phenoxy) is 1. The Hall–Kier alpha value is -1.95. The number of pyridine rings is 1. The predicted molar refractivity (Wildman–Crippen MR) is 116 cm³/mol. The molecule has 0 radical (unpaired) electrons. The Balaban J connectivity index is 0.00000420. The average molecular weight is 414 g/mol. The molecule has 0 aliphatic carbocycles. The van der Waals surface area contributed by atoms with Crippen LogP contribution in [0.1, 0.15) is 37.7 Å². The molecule has 2 N–H and O–H groups in total. The second-order valence-corrected chi connectivity index (χ2v) is 8.32. The Bertz CT molecular complexity index is 808. The van der Waals surface area contributed by atoms with E-state index in [1.807, 2.05) is 31.6 Å². The Morgan fingerprint density at radius 1 is 1.28 bits per heavy atom. The number of carbonyl (C=O) groups is 2. The summed E-state index contributed by atoms with van der Waals surface area (Å²) < 4.78 is 7.00. The van der Waals surface area contributed by atoms with Gasteiger partial charge in [0.1, 0.15) is 11.3 Å². The van der Waals surface area contributed by atoms with Gasteiger partial charge in [-0.1, -0.05) is 6.07 Å². The van der Waals surface area contributed by atoms with Crippen molar-refractivity contribution in [2.24, 2.45) is 0 Å². The van der Waals surface area contributed by atoms with Crippen molar-refractivity contribution in [2.75, 3.05) is 18.1 Å². The second kappa shape index (κ2) is 11.9. The summed E-state index contributed by atoms with van der Waals surface area (Å²) in [5.74, 6) is 0.709. The zero-order valence-electron chi connectivity index (χ0n) is 16.3. The Labute approximate surface area is 187 Å². The maximum atomic E-state index is 11.5. The van der Waals surface area contributed by atoms with Gasteiger partial charge in [-0.3, -0.25) is 4.68 Å². The molecule has 0 aromatic carbocycles. The predicted octanol–water partition coefficient (Wildman–Crippen LogP) is 2.64. The molecule has 2 rings (SSSR count). The first-order chi connectivity index (χ1) is 13.2. The van der Waals surface area contributed by atoms with Crippen molar-refractivity contribution in [1.82, 2.24) is 20.1 Å². The van der Waals surface area contributed by atoms with Crippen LogP contribution in [0.4, 0.5) is 4.79 Å². The number of hydrogen-bond acceptors (Lipinski definition) is 6. The molecule has 0 bridgehead atoms. The van der Waals surface area contributed by atoms with Crippen molar-refractivity contribution in [1.29, 1.82) is 0 Å². The zero-order valence-corrected chi connectivity index (χ0v) is 17.2. The van der Waals surface area contributed by atoms with Crippen LogP contribution < -0.4 is 5.32 Å². The van der Waals surface area contributed by atoms with Gasteiger partial charge in [-0.25, -0.2) is 14.6 Å². The molecule has 0 fully saturated rings. The van der Waals surface area contributed by atoms with E-state index in [9.17, 15) is 9.59 Å². The first kappa shape index (κ1) is 25.1. The standard InChI is InChI=1S/C19H26N4O4S.Li.H/c1-19(2,3)27-18(26)20-8-11-28-10-5-9-23-13-14(12-21-23)15-6-4-7-16(22-15)17(24)25;;/h4,6-7,12-13H,5,8-11H2,1-3H3,(H,20,26)(H,24,25);;. The molecule has 0 atom stereocenters. The van der Waals surface area contributed by atoms with E-state index in [1.54, 1.807) is 30.1 Å². The van der Waals surface area contributed by atoms with Crippen molar-refractivity contribution >= 4 is 42.7 Å². The number of thioether (sulfide) groups is 1. The first-order valence-corrected chi connectivity index (χ1v) is 10.2. The van der Waals surface area contributed by atoms with Crippen molar-refractivity contribution in [2.45, 2.75) is 39.3 Å². The Kier molecular flexibility index (Phi) is 10.3. The van der Waals surface area contributed by atoms with Gasteiger partial charge in [0, 0.05) is 30.6 Å². The van der Waals surface area contributed by atoms with E-state index in [4.69, 9.17) is 9.84 Å². The number of alkyl carbamates (subject to hydrolysis) is 1. The third-order valence-corrected chi connectivity index (χ3v) is 4.56. The van der Waals surface area contributed by atoms with Crippen molar-refractivity contribution < 1.29 is 19.4 Å². The Morgan fingerprint density at radius 3 is 2.72 bits per heavy atom. The van der Waals surface area contributed by atoms with Crippen LogP contribution in [0.3, 0.4) is 0 Å². The molecule has 0 saturated heterocycles. The fourth-order valence-electron chi connectivity index (χ4n) is 2.30. The van der Waals surface area contributed by atoms with E-state index in [2.05, 4.69) is 15.4 Å². The maximum absolute atomic E-state index is 11.5. The molecule has 0 saturated carbocycles. The van der Waals surface area contributed by atoms with Crippen LogP contribution in [-0.2, 0) is 11.3 Å². The van der Waals surface area contributed by atoms with Gasteiger partial charge in [0.25, 0.3) is 0 Å². The first-order valence-electron chi connectivity index (χ1n) is 9.02. The van der Waals surface area contributed by atoms with Crippen LogP contribution in [0.2, 0.25) is 0 Å². The van der Waals surface area contributed by atoms with Gasteiger partial charge in [0.2, 0.25) is 0 Å². The number of carboxylic acid groups (broad SMARTS) is 1. The average Bonchev–Trinajstić information content (AvgIpc) is 3.08. The minimum atomic E-state index is -1.05. The van der Waals surface area contributed by atoms with E-state index >= 15 is 0 Å². The van der Waals surface area contributed by atoms with E-state index in [0.29, 0.717) is 12.2 Å². The number of aromatic nitrogens is 3. The normalized spacial score (nSPS) is 10.9. The fourth-order valence-corrected chi connectivity index (χ4v) is 3.09. The summed E-state index contributed by atoms with van der Waals surface area (Å²) in [4.78, 5) is 26.7. The van der Waals surface area contributed by atoms with E-state index in [0.717, 1.165) is 30.0 Å². The SMILES string of the molecule is CC(C)(C)OC(=O)NCCSCCCn1cc(-c2cccc(C(=O)O)n2)cn1.[LiH]. The summed E-state index contributed by atoms with van der Waals surface area (Å²) in [5, 5.41) is 16.1. The van der Waals surface area contributed by atoms with Crippen LogP contribution in [0.25, 0.3) is 11.3 Å². The third kappa shape index (κ3) is 9.39. The Morgan fingerprint density at radius 2 is 2.03 bits per heavy atom. The van der Waals surface area contributed by atoms with Crippen LogP contribution in [0, 0.1) is 0 Å². The van der Waals surface area contributed by atoms with Crippen LogP contribution in [-0.4, -0.2) is 74.4 Å². The molecule has 29 heavy (non-hydrogen) atoms. The van der Waals surface area contributed by atoms with Gasteiger partial charge >= 0.3 is 30.9 Å². The summed E-state index contributed by atoms with van der Waals surface area (Å²) >= 11 is 1.75. The number of nitrogens with zero attached hydrogens (tertiary/aromatic N) is 3. The van der Waals surface area contributed by atoms with Crippen molar-refractivity contribution in [3.05, 3.63) is 36.3 Å². The minimum absolute atomic E-state index is 0. The van der Waals surface area contributed by atoms with E-state index in [-0.39, 0.29) is 24.6 Å². The summed E-state index contributed by atoms with van der Waals surface area (Å²) in [6.45, 7) is 6.82. The molecule has 2 heterocycles. The topological polar surface area (TPSA) is 106 Å². The molecular formula is C19H27LiN4O4S. The van der Waals surface area contributed by atoms with Gasteiger partial charge in [-0.2, -0.15) is 16.9 Å². The fraction of sp³-hybridized carbons (Fsp3) is 0.474. The number of aromatic carboxylic acids is 1. The molecule has 8 nitrogen and oxygen atoms in total. The molecular weight excluding hydrogens is 387 g/mol. The summed E-state index contributed by atoms with van der Waals surface area (Å²) in [6, 6.07) is 4.90. The zero-order chi connectivity index (χ0) is 20.6. The summed E-state index contributed by atoms with van der Waals surface area (Å²) in [5.41, 5.74) is 0.914. The third-order valence-electron chi connectivity index (χ3n) is 3.49. The number of carbonyl (C=O) groups excluding carboxylic acids is 1. The van der Waals surface area contributed by atoms with E-state index < -0.39 is 17.7 Å². The number of hydrogen-bond donors (Lipinski definition) is 2. The molecule has 0 aliphatic heterocycles. The van der Waals surface area contributed by atoms with Crippen molar-refractivity contribution in [3.63, 3.8) is 0 Å². The van der Waals surface area contributed by atoms with Crippen LogP contribution >= 0.6 is 11.8 Å². The summed E-state index contributed by atoms with van der Waals surface area (Å²) in [6.07, 6.45) is 4.09. The number of rotatable bonds is 9. The van der Waals surface area contributed by atoms with Gasteiger partial charge in [0.05, 0.1) is 11.9 Å².